The Morgan fingerprint density at radius 1 is 1.33 bits per heavy atom. The van der Waals surface area contributed by atoms with Gasteiger partial charge in [-0.3, -0.25) is 0 Å². The van der Waals surface area contributed by atoms with E-state index in [2.05, 4.69) is 24.5 Å². The molecule has 1 unspecified atom stereocenters. The smallest absolute Gasteiger partial charge is 0.000394 e. The van der Waals surface area contributed by atoms with E-state index in [-0.39, 0.29) is 0 Å². The minimum atomic E-state index is 0.644. The van der Waals surface area contributed by atoms with Gasteiger partial charge in [0.1, 0.15) is 0 Å². The van der Waals surface area contributed by atoms with Crippen molar-refractivity contribution in [1.29, 1.82) is 0 Å². The summed E-state index contributed by atoms with van der Waals surface area (Å²) in [5, 5.41) is 6.86. The van der Waals surface area contributed by atoms with E-state index in [1.807, 2.05) is 0 Å². The third-order valence-electron chi connectivity index (χ3n) is 3.41. The van der Waals surface area contributed by atoms with E-state index in [0.29, 0.717) is 5.41 Å². The third-order valence-corrected chi connectivity index (χ3v) is 3.41. The highest BCUT2D eigenvalue weighted by molar-refractivity contribution is 4.96. The fourth-order valence-corrected chi connectivity index (χ4v) is 1.88. The Morgan fingerprint density at radius 3 is 2.42 bits per heavy atom. The standard InChI is InChI=1S/C10H20N2/c1-10(2)3-9(10)7-12-6-8-4-11-5-8/h8-9,11-12H,3-7H2,1-2H3. The highest BCUT2D eigenvalue weighted by atomic mass is 15.0. The molecule has 2 fully saturated rings. The zero-order valence-corrected chi connectivity index (χ0v) is 8.19. The SMILES string of the molecule is CC1(C)CC1CNCC1CNC1. The first kappa shape index (κ1) is 8.52. The molecular weight excluding hydrogens is 148 g/mol. The Kier molecular flexibility index (Phi) is 2.13. The predicted octanol–water partition coefficient (Wildman–Crippen LogP) is 0.842. The zero-order chi connectivity index (χ0) is 8.60. The molecule has 2 nitrogen and oxygen atoms in total. The second-order valence-electron chi connectivity index (χ2n) is 5.07. The van der Waals surface area contributed by atoms with Crippen LogP contribution in [0.25, 0.3) is 0 Å². The van der Waals surface area contributed by atoms with Gasteiger partial charge in [0.2, 0.25) is 0 Å². The lowest BCUT2D eigenvalue weighted by Gasteiger charge is -2.27. The average Bonchev–Trinajstić information content (AvgIpc) is 2.47. The van der Waals surface area contributed by atoms with Gasteiger partial charge in [0.05, 0.1) is 0 Å². The first-order valence-electron chi connectivity index (χ1n) is 5.10. The zero-order valence-electron chi connectivity index (χ0n) is 8.19. The van der Waals surface area contributed by atoms with Crippen molar-refractivity contribution in [2.75, 3.05) is 26.2 Å². The van der Waals surface area contributed by atoms with Crippen LogP contribution < -0.4 is 10.6 Å². The van der Waals surface area contributed by atoms with Crippen molar-refractivity contribution in [3.8, 4) is 0 Å². The van der Waals surface area contributed by atoms with Crippen LogP contribution in [-0.2, 0) is 0 Å². The Labute approximate surface area is 75.1 Å². The Balaban J connectivity index is 1.52. The predicted molar refractivity (Wildman–Crippen MR) is 51.1 cm³/mol. The highest BCUT2D eigenvalue weighted by Crippen LogP contribution is 2.50. The molecule has 2 aliphatic rings. The van der Waals surface area contributed by atoms with Crippen LogP contribution in [0.1, 0.15) is 20.3 Å². The summed E-state index contributed by atoms with van der Waals surface area (Å²) in [4.78, 5) is 0. The van der Waals surface area contributed by atoms with Crippen molar-refractivity contribution in [3.63, 3.8) is 0 Å². The Hall–Kier alpha value is -0.0800. The average molecular weight is 168 g/mol. The van der Waals surface area contributed by atoms with Crippen LogP contribution >= 0.6 is 0 Å². The summed E-state index contributed by atoms with van der Waals surface area (Å²) in [7, 11) is 0. The summed E-state index contributed by atoms with van der Waals surface area (Å²) in [6.45, 7) is 9.64. The largest absolute Gasteiger partial charge is 0.316 e. The number of rotatable bonds is 4. The fourth-order valence-electron chi connectivity index (χ4n) is 1.88. The van der Waals surface area contributed by atoms with E-state index >= 15 is 0 Å². The van der Waals surface area contributed by atoms with Crippen molar-refractivity contribution in [2.24, 2.45) is 17.3 Å². The summed E-state index contributed by atoms with van der Waals surface area (Å²) in [6, 6.07) is 0. The van der Waals surface area contributed by atoms with E-state index in [1.54, 1.807) is 0 Å². The normalized spacial score (nSPS) is 33.0. The molecule has 2 heteroatoms. The molecule has 0 radical (unpaired) electrons. The van der Waals surface area contributed by atoms with Crippen LogP contribution in [-0.4, -0.2) is 26.2 Å². The maximum atomic E-state index is 3.56. The van der Waals surface area contributed by atoms with Gasteiger partial charge in [-0.15, -0.1) is 0 Å². The van der Waals surface area contributed by atoms with Gasteiger partial charge in [0.25, 0.3) is 0 Å². The molecule has 2 rings (SSSR count). The summed E-state index contributed by atoms with van der Waals surface area (Å²) < 4.78 is 0. The monoisotopic (exact) mass is 168 g/mol. The topological polar surface area (TPSA) is 24.1 Å². The number of hydrogen-bond acceptors (Lipinski definition) is 2. The van der Waals surface area contributed by atoms with Crippen LogP contribution in [0.2, 0.25) is 0 Å². The molecule has 1 saturated heterocycles. The second-order valence-corrected chi connectivity index (χ2v) is 5.07. The third kappa shape index (κ3) is 1.80. The lowest BCUT2D eigenvalue weighted by Crippen LogP contribution is -2.47. The van der Waals surface area contributed by atoms with Gasteiger partial charge in [-0.05, 0) is 30.2 Å². The van der Waals surface area contributed by atoms with E-state index in [1.165, 1.54) is 32.6 Å². The van der Waals surface area contributed by atoms with E-state index in [4.69, 9.17) is 0 Å². The van der Waals surface area contributed by atoms with Crippen molar-refractivity contribution < 1.29 is 0 Å². The molecule has 1 atom stereocenters. The van der Waals surface area contributed by atoms with Gasteiger partial charge in [0.15, 0.2) is 0 Å². The molecule has 0 spiro atoms. The van der Waals surface area contributed by atoms with E-state index in [9.17, 15) is 0 Å². The molecule has 1 aliphatic carbocycles. The Morgan fingerprint density at radius 2 is 2.00 bits per heavy atom. The van der Waals surface area contributed by atoms with Gasteiger partial charge in [-0.2, -0.15) is 0 Å². The summed E-state index contributed by atoms with van der Waals surface area (Å²) in [6.07, 6.45) is 1.42. The molecule has 1 heterocycles. The van der Waals surface area contributed by atoms with Gasteiger partial charge >= 0.3 is 0 Å². The molecule has 1 aliphatic heterocycles. The molecule has 0 aromatic rings. The molecule has 0 amide bonds. The summed E-state index contributed by atoms with van der Waals surface area (Å²) >= 11 is 0. The van der Waals surface area contributed by atoms with Crippen molar-refractivity contribution in [1.82, 2.24) is 10.6 Å². The number of nitrogens with one attached hydrogen (secondary N) is 2. The first-order valence-corrected chi connectivity index (χ1v) is 5.10. The van der Waals surface area contributed by atoms with Gasteiger partial charge in [-0.25, -0.2) is 0 Å². The van der Waals surface area contributed by atoms with Gasteiger partial charge < -0.3 is 10.6 Å². The van der Waals surface area contributed by atoms with E-state index < -0.39 is 0 Å². The quantitative estimate of drug-likeness (QED) is 0.650. The van der Waals surface area contributed by atoms with Crippen LogP contribution in [0.3, 0.4) is 0 Å². The van der Waals surface area contributed by atoms with Crippen molar-refractivity contribution in [3.05, 3.63) is 0 Å². The maximum Gasteiger partial charge on any atom is 0.000394 e. The lowest BCUT2D eigenvalue weighted by molar-refractivity contribution is 0.327. The van der Waals surface area contributed by atoms with Crippen LogP contribution in [0.5, 0.6) is 0 Å². The summed E-state index contributed by atoms with van der Waals surface area (Å²) in [5.74, 6) is 1.86. The van der Waals surface area contributed by atoms with Gasteiger partial charge in [0, 0.05) is 19.6 Å². The summed E-state index contributed by atoms with van der Waals surface area (Å²) in [5.41, 5.74) is 0.644. The van der Waals surface area contributed by atoms with Crippen LogP contribution in [0.4, 0.5) is 0 Å². The van der Waals surface area contributed by atoms with Crippen LogP contribution in [0, 0.1) is 17.3 Å². The highest BCUT2D eigenvalue weighted by Gasteiger charge is 2.44. The molecule has 0 aromatic carbocycles. The maximum absolute atomic E-state index is 3.56. The van der Waals surface area contributed by atoms with Crippen molar-refractivity contribution in [2.45, 2.75) is 20.3 Å². The minimum Gasteiger partial charge on any atom is -0.316 e. The molecular formula is C10H20N2. The minimum absolute atomic E-state index is 0.644. The second kappa shape index (κ2) is 3.00. The van der Waals surface area contributed by atoms with Crippen molar-refractivity contribution >= 4 is 0 Å². The molecule has 0 aromatic heterocycles. The van der Waals surface area contributed by atoms with Gasteiger partial charge in [-0.1, -0.05) is 13.8 Å². The first-order chi connectivity index (χ1) is 5.68. The number of hydrogen-bond donors (Lipinski definition) is 2. The molecule has 1 saturated carbocycles. The lowest BCUT2D eigenvalue weighted by atomic mass is 10.0. The van der Waals surface area contributed by atoms with E-state index in [0.717, 1.165) is 11.8 Å². The molecule has 12 heavy (non-hydrogen) atoms. The fraction of sp³-hybridized carbons (Fsp3) is 1.00. The van der Waals surface area contributed by atoms with Crippen LogP contribution in [0.15, 0.2) is 0 Å². The Bertz CT molecular complexity index is 161. The molecule has 2 N–H and O–H groups in total. The molecule has 70 valence electrons. The molecule has 0 bridgehead atoms.